The van der Waals surface area contributed by atoms with Crippen LogP contribution in [0.25, 0.3) is 0 Å². The van der Waals surface area contributed by atoms with Crippen molar-refractivity contribution in [1.82, 2.24) is 9.80 Å². The summed E-state index contributed by atoms with van der Waals surface area (Å²) >= 11 is 0. The lowest BCUT2D eigenvalue weighted by atomic mass is 10.2. The van der Waals surface area contributed by atoms with Gasteiger partial charge in [-0.1, -0.05) is 12.1 Å². The van der Waals surface area contributed by atoms with E-state index in [0.29, 0.717) is 18.7 Å². The molecule has 6 heteroatoms. The van der Waals surface area contributed by atoms with Crippen molar-refractivity contribution in [3.05, 3.63) is 35.6 Å². The Morgan fingerprint density at radius 2 is 1.95 bits per heavy atom. The third kappa shape index (κ3) is 3.90. The molecule has 0 bridgehead atoms. The predicted molar refractivity (Wildman–Crippen MR) is 78.1 cm³/mol. The number of hydrogen-bond donors (Lipinski definition) is 0. The second kappa shape index (κ2) is 7.15. The fraction of sp³-hybridized carbons (Fsp3) is 0.438. The molecule has 1 aromatic rings. The molecule has 0 aromatic heterocycles. The fourth-order valence-electron chi connectivity index (χ4n) is 2.47. The average molecular weight is 306 g/mol. The number of carbonyl (C=O) groups excluding carboxylic acids is 3. The molecule has 2 rings (SSSR count). The van der Waals surface area contributed by atoms with Crippen LogP contribution in [0.3, 0.4) is 0 Å². The van der Waals surface area contributed by atoms with Crippen molar-refractivity contribution in [3.63, 3.8) is 0 Å². The fourth-order valence-corrected chi connectivity index (χ4v) is 2.47. The SMILES string of the molecule is CCN(Cc1cccc(F)c1)C(=O)CCN1C(=O)CCC1=O. The van der Waals surface area contributed by atoms with Gasteiger partial charge in [0.2, 0.25) is 17.7 Å². The molecule has 1 aliphatic heterocycles. The van der Waals surface area contributed by atoms with E-state index in [0.717, 1.165) is 4.90 Å². The molecule has 22 heavy (non-hydrogen) atoms. The molecule has 0 radical (unpaired) electrons. The van der Waals surface area contributed by atoms with Gasteiger partial charge < -0.3 is 4.90 Å². The molecule has 3 amide bonds. The standard InChI is InChI=1S/C16H19FN2O3/c1-2-18(11-12-4-3-5-13(17)10-12)14(20)8-9-19-15(21)6-7-16(19)22/h3-5,10H,2,6-9,11H2,1H3. The van der Waals surface area contributed by atoms with Gasteiger partial charge in [-0.05, 0) is 24.6 Å². The van der Waals surface area contributed by atoms with Gasteiger partial charge in [-0.25, -0.2) is 4.39 Å². The summed E-state index contributed by atoms with van der Waals surface area (Å²) < 4.78 is 13.2. The van der Waals surface area contributed by atoms with Crippen LogP contribution in [0.2, 0.25) is 0 Å². The van der Waals surface area contributed by atoms with Gasteiger partial charge in [-0.3, -0.25) is 19.3 Å². The lowest BCUT2D eigenvalue weighted by Crippen LogP contribution is -2.36. The van der Waals surface area contributed by atoms with Crippen LogP contribution >= 0.6 is 0 Å². The molecule has 5 nitrogen and oxygen atoms in total. The molecule has 1 aromatic carbocycles. The third-order valence-corrected chi connectivity index (χ3v) is 3.70. The van der Waals surface area contributed by atoms with Crippen molar-refractivity contribution in [2.24, 2.45) is 0 Å². The maximum absolute atomic E-state index is 13.2. The van der Waals surface area contributed by atoms with Crippen molar-refractivity contribution in [3.8, 4) is 0 Å². The summed E-state index contributed by atoms with van der Waals surface area (Å²) in [6, 6.07) is 6.10. The van der Waals surface area contributed by atoms with E-state index in [2.05, 4.69) is 0 Å². The summed E-state index contributed by atoms with van der Waals surface area (Å²) in [6.07, 6.45) is 0.558. The molecule has 1 aliphatic rings. The first-order valence-electron chi connectivity index (χ1n) is 7.36. The summed E-state index contributed by atoms with van der Waals surface area (Å²) in [7, 11) is 0. The van der Waals surface area contributed by atoms with Crippen LogP contribution in [-0.2, 0) is 20.9 Å². The molecule has 1 fully saturated rings. The number of likely N-dealkylation sites (tertiary alicyclic amines) is 1. The van der Waals surface area contributed by atoms with Gasteiger partial charge in [0.05, 0.1) is 0 Å². The van der Waals surface area contributed by atoms with E-state index in [9.17, 15) is 18.8 Å². The van der Waals surface area contributed by atoms with Gasteiger partial charge >= 0.3 is 0 Å². The van der Waals surface area contributed by atoms with Crippen LogP contribution < -0.4 is 0 Å². The minimum atomic E-state index is -0.339. The molecular formula is C16H19FN2O3. The molecule has 0 saturated carbocycles. The summed E-state index contributed by atoms with van der Waals surface area (Å²) in [6.45, 7) is 2.76. The van der Waals surface area contributed by atoms with E-state index in [1.165, 1.54) is 12.1 Å². The zero-order valence-corrected chi connectivity index (χ0v) is 12.5. The quantitative estimate of drug-likeness (QED) is 0.752. The van der Waals surface area contributed by atoms with Crippen molar-refractivity contribution in [2.75, 3.05) is 13.1 Å². The Kier molecular flexibility index (Phi) is 5.25. The van der Waals surface area contributed by atoms with Crippen molar-refractivity contribution >= 4 is 17.7 Å². The van der Waals surface area contributed by atoms with Crippen LogP contribution in [-0.4, -0.2) is 40.6 Å². The van der Waals surface area contributed by atoms with E-state index in [1.807, 2.05) is 6.92 Å². The Morgan fingerprint density at radius 1 is 1.27 bits per heavy atom. The molecular weight excluding hydrogens is 287 g/mol. The minimum absolute atomic E-state index is 0.0979. The maximum atomic E-state index is 13.2. The third-order valence-electron chi connectivity index (χ3n) is 3.70. The van der Waals surface area contributed by atoms with Crippen molar-refractivity contribution in [1.29, 1.82) is 0 Å². The Hall–Kier alpha value is -2.24. The highest BCUT2D eigenvalue weighted by atomic mass is 19.1. The number of benzene rings is 1. The zero-order valence-electron chi connectivity index (χ0n) is 12.5. The average Bonchev–Trinajstić information content (AvgIpc) is 2.81. The number of hydrogen-bond acceptors (Lipinski definition) is 3. The molecule has 0 N–H and O–H groups in total. The van der Waals surface area contributed by atoms with Crippen LogP contribution in [0.4, 0.5) is 4.39 Å². The lowest BCUT2D eigenvalue weighted by Gasteiger charge is -2.22. The zero-order chi connectivity index (χ0) is 16.1. The highest BCUT2D eigenvalue weighted by Crippen LogP contribution is 2.13. The molecule has 118 valence electrons. The lowest BCUT2D eigenvalue weighted by molar-refractivity contribution is -0.139. The second-order valence-corrected chi connectivity index (χ2v) is 5.23. The Balaban J connectivity index is 1.91. The van der Waals surface area contributed by atoms with Gasteiger partial charge in [-0.15, -0.1) is 0 Å². The van der Waals surface area contributed by atoms with Gasteiger partial charge in [0, 0.05) is 38.9 Å². The number of halogens is 1. The molecule has 1 saturated heterocycles. The largest absolute Gasteiger partial charge is 0.339 e. The minimum Gasteiger partial charge on any atom is -0.339 e. The number of nitrogens with zero attached hydrogens (tertiary/aromatic N) is 2. The van der Waals surface area contributed by atoms with Crippen LogP contribution in [0, 0.1) is 5.82 Å². The Bertz CT molecular complexity index is 573. The van der Waals surface area contributed by atoms with E-state index in [4.69, 9.17) is 0 Å². The van der Waals surface area contributed by atoms with E-state index in [-0.39, 0.29) is 49.3 Å². The normalized spacial score (nSPS) is 14.5. The topological polar surface area (TPSA) is 57.7 Å². The highest BCUT2D eigenvalue weighted by molar-refractivity contribution is 6.02. The number of rotatable bonds is 6. The Labute approximate surface area is 128 Å². The second-order valence-electron chi connectivity index (χ2n) is 5.23. The molecule has 0 spiro atoms. The van der Waals surface area contributed by atoms with E-state index < -0.39 is 0 Å². The first-order valence-corrected chi connectivity index (χ1v) is 7.36. The summed E-state index contributed by atoms with van der Waals surface area (Å²) in [5.74, 6) is -0.925. The number of carbonyl (C=O) groups is 3. The summed E-state index contributed by atoms with van der Waals surface area (Å²) in [5.41, 5.74) is 0.712. The van der Waals surface area contributed by atoms with Crippen LogP contribution in [0.15, 0.2) is 24.3 Å². The first-order chi connectivity index (χ1) is 10.5. The van der Waals surface area contributed by atoms with Gasteiger partial charge in [0.25, 0.3) is 0 Å². The smallest absolute Gasteiger partial charge is 0.229 e. The van der Waals surface area contributed by atoms with Gasteiger partial charge in [0.1, 0.15) is 5.82 Å². The number of amides is 3. The highest BCUT2D eigenvalue weighted by Gasteiger charge is 2.29. The maximum Gasteiger partial charge on any atom is 0.229 e. The van der Waals surface area contributed by atoms with Gasteiger partial charge in [-0.2, -0.15) is 0 Å². The van der Waals surface area contributed by atoms with Crippen molar-refractivity contribution < 1.29 is 18.8 Å². The van der Waals surface area contributed by atoms with E-state index in [1.54, 1.807) is 17.0 Å². The van der Waals surface area contributed by atoms with E-state index >= 15 is 0 Å². The molecule has 0 aliphatic carbocycles. The monoisotopic (exact) mass is 306 g/mol. The predicted octanol–water partition coefficient (Wildman–Crippen LogP) is 1.71. The van der Waals surface area contributed by atoms with Crippen LogP contribution in [0.1, 0.15) is 31.7 Å². The molecule has 0 atom stereocenters. The molecule has 1 heterocycles. The number of imide groups is 1. The first kappa shape index (κ1) is 16.1. The molecule has 0 unspecified atom stereocenters. The van der Waals surface area contributed by atoms with Crippen LogP contribution in [0.5, 0.6) is 0 Å². The van der Waals surface area contributed by atoms with Gasteiger partial charge in [0.15, 0.2) is 0 Å². The summed E-state index contributed by atoms with van der Waals surface area (Å²) in [4.78, 5) is 38.0. The van der Waals surface area contributed by atoms with Crippen molar-refractivity contribution in [2.45, 2.75) is 32.7 Å². The summed E-state index contributed by atoms with van der Waals surface area (Å²) in [5, 5.41) is 0. The Morgan fingerprint density at radius 3 is 2.55 bits per heavy atom.